The van der Waals surface area contributed by atoms with Crippen molar-refractivity contribution in [2.45, 2.75) is 31.6 Å². The van der Waals surface area contributed by atoms with Gasteiger partial charge in [-0.25, -0.2) is 0 Å². The van der Waals surface area contributed by atoms with Crippen LogP contribution in [0.5, 0.6) is 5.75 Å². The van der Waals surface area contributed by atoms with Crippen molar-refractivity contribution in [3.8, 4) is 5.75 Å². The smallest absolute Gasteiger partial charge is 0.193 e. The van der Waals surface area contributed by atoms with E-state index in [2.05, 4.69) is 36.2 Å². The Morgan fingerprint density at radius 2 is 2.04 bits per heavy atom. The van der Waals surface area contributed by atoms with Crippen molar-refractivity contribution in [2.24, 2.45) is 10.9 Å². The molecule has 1 aromatic rings. The summed E-state index contributed by atoms with van der Waals surface area (Å²) in [4.78, 5) is 8.42. The second-order valence-electron chi connectivity index (χ2n) is 5.96. The molecule has 2 rings (SSSR count). The number of nitrogens with one attached hydrogen (secondary N) is 1. The van der Waals surface area contributed by atoms with Crippen LogP contribution in [0.3, 0.4) is 0 Å². The van der Waals surface area contributed by atoms with Gasteiger partial charge in [0.25, 0.3) is 0 Å². The van der Waals surface area contributed by atoms with Gasteiger partial charge in [0.2, 0.25) is 0 Å². The maximum absolute atomic E-state index is 5.41. The van der Waals surface area contributed by atoms with Crippen molar-refractivity contribution in [3.63, 3.8) is 0 Å². The normalized spacial score (nSPS) is 15.8. The SMILES string of the molecule is CCNC(=NCC(C)CSc1ccccc1OC)N1CCCC1.I. The monoisotopic (exact) mass is 463 g/mol. The van der Waals surface area contributed by atoms with E-state index in [9.17, 15) is 0 Å². The predicted octanol–water partition coefficient (Wildman–Crippen LogP) is 4.10. The number of rotatable bonds is 7. The molecule has 1 unspecified atom stereocenters. The minimum atomic E-state index is 0. The molecular weight excluding hydrogens is 433 g/mol. The standard InChI is InChI=1S/C18H29N3OS.HI/c1-4-19-18(21-11-7-8-12-21)20-13-15(2)14-23-17-10-6-5-9-16(17)22-3;/h5-6,9-10,15H,4,7-8,11-14H2,1-3H3,(H,19,20);1H. The molecule has 0 aliphatic carbocycles. The third-order valence-electron chi connectivity index (χ3n) is 3.89. The first-order chi connectivity index (χ1) is 11.2. The third-order valence-corrected chi connectivity index (χ3v) is 5.27. The van der Waals surface area contributed by atoms with Crippen molar-refractivity contribution >= 4 is 41.7 Å². The molecule has 1 heterocycles. The third kappa shape index (κ3) is 6.70. The van der Waals surface area contributed by atoms with Crippen LogP contribution in [-0.4, -0.2) is 49.9 Å². The molecule has 0 amide bonds. The minimum Gasteiger partial charge on any atom is -0.496 e. The fraction of sp³-hybridized carbons (Fsp3) is 0.611. The van der Waals surface area contributed by atoms with E-state index in [4.69, 9.17) is 9.73 Å². The highest BCUT2D eigenvalue weighted by atomic mass is 127. The van der Waals surface area contributed by atoms with Gasteiger partial charge in [0.05, 0.1) is 7.11 Å². The van der Waals surface area contributed by atoms with Gasteiger partial charge in [-0.3, -0.25) is 4.99 Å². The zero-order chi connectivity index (χ0) is 16.5. The minimum absolute atomic E-state index is 0. The fourth-order valence-corrected chi connectivity index (χ4v) is 3.66. The zero-order valence-corrected chi connectivity index (χ0v) is 18.1. The molecular formula is C18H30IN3OS. The molecule has 0 saturated carbocycles. The number of para-hydroxylation sites is 1. The Hall–Kier alpha value is -0.630. The van der Waals surface area contributed by atoms with Crippen molar-refractivity contribution < 1.29 is 4.74 Å². The van der Waals surface area contributed by atoms with Gasteiger partial charge in [0, 0.05) is 36.8 Å². The molecule has 1 saturated heterocycles. The van der Waals surface area contributed by atoms with Crippen LogP contribution < -0.4 is 10.1 Å². The molecule has 1 atom stereocenters. The lowest BCUT2D eigenvalue weighted by atomic mass is 10.2. The van der Waals surface area contributed by atoms with Gasteiger partial charge >= 0.3 is 0 Å². The fourth-order valence-electron chi connectivity index (χ4n) is 2.62. The molecule has 0 bridgehead atoms. The number of ether oxygens (including phenoxy) is 1. The van der Waals surface area contributed by atoms with E-state index in [1.54, 1.807) is 7.11 Å². The van der Waals surface area contributed by atoms with Crippen molar-refractivity contribution in [1.82, 2.24) is 10.2 Å². The quantitative estimate of drug-likeness (QED) is 0.286. The van der Waals surface area contributed by atoms with Gasteiger partial charge in [-0.2, -0.15) is 0 Å². The Morgan fingerprint density at radius 1 is 1.33 bits per heavy atom. The average Bonchev–Trinajstić information content (AvgIpc) is 3.11. The summed E-state index contributed by atoms with van der Waals surface area (Å²) >= 11 is 1.85. The molecule has 1 fully saturated rings. The highest BCUT2D eigenvalue weighted by Gasteiger charge is 2.16. The molecule has 24 heavy (non-hydrogen) atoms. The second kappa shape index (κ2) is 11.8. The second-order valence-corrected chi connectivity index (χ2v) is 7.02. The summed E-state index contributed by atoms with van der Waals surface area (Å²) in [7, 11) is 1.73. The predicted molar refractivity (Wildman–Crippen MR) is 115 cm³/mol. The molecule has 6 heteroatoms. The Morgan fingerprint density at radius 3 is 2.71 bits per heavy atom. The van der Waals surface area contributed by atoms with E-state index in [1.165, 1.54) is 17.7 Å². The summed E-state index contributed by atoms with van der Waals surface area (Å²) in [6.07, 6.45) is 2.56. The number of nitrogens with zero attached hydrogens (tertiary/aromatic N) is 2. The number of methoxy groups -OCH3 is 1. The van der Waals surface area contributed by atoms with Gasteiger partial charge in [-0.15, -0.1) is 35.7 Å². The number of likely N-dealkylation sites (tertiary alicyclic amines) is 1. The first-order valence-electron chi connectivity index (χ1n) is 8.53. The largest absolute Gasteiger partial charge is 0.496 e. The topological polar surface area (TPSA) is 36.9 Å². The van der Waals surface area contributed by atoms with Gasteiger partial charge in [-0.1, -0.05) is 19.1 Å². The Kier molecular flexibility index (Phi) is 10.6. The summed E-state index contributed by atoms with van der Waals surface area (Å²) in [5.74, 6) is 3.61. The van der Waals surface area contributed by atoms with E-state index >= 15 is 0 Å². The van der Waals surface area contributed by atoms with Crippen molar-refractivity contribution in [1.29, 1.82) is 0 Å². The number of benzene rings is 1. The van der Waals surface area contributed by atoms with Gasteiger partial charge in [-0.05, 0) is 37.8 Å². The van der Waals surface area contributed by atoms with E-state index in [1.807, 2.05) is 23.9 Å². The first-order valence-corrected chi connectivity index (χ1v) is 9.52. The Bertz CT molecular complexity index is 507. The lowest BCUT2D eigenvalue weighted by Crippen LogP contribution is -2.39. The molecule has 136 valence electrons. The Labute approximate surface area is 167 Å². The maximum Gasteiger partial charge on any atom is 0.193 e. The molecule has 0 radical (unpaired) electrons. The van der Waals surface area contributed by atoms with Crippen LogP contribution in [0.2, 0.25) is 0 Å². The number of halogens is 1. The number of hydrogen-bond donors (Lipinski definition) is 1. The van der Waals surface area contributed by atoms with Crippen LogP contribution in [0.25, 0.3) is 0 Å². The van der Waals surface area contributed by atoms with Crippen LogP contribution in [-0.2, 0) is 0 Å². The lowest BCUT2D eigenvalue weighted by Gasteiger charge is -2.21. The van der Waals surface area contributed by atoms with Crippen molar-refractivity contribution in [2.75, 3.05) is 39.0 Å². The molecule has 1 N–H and O–H groups in total. The molecule has 0 spiro atoms. The van der Waals surface area contributed by atoms with Gasteiger partial charge in [0.15, 0.2) is 5.96 Å². The first kappa shape index (κ1) is 21.4. The number of thioether (sulfide) groups is 1. The highest BCUT2D eigenvalue weighted by Crippen LogP contribution is 2.30. The van der Waals surface area contributed by atoms with Crippen molar-refractivity contribution in [3.05, 3.63) is 24.3 Å². The molecule has 0 aromatic heterocycles. The highest BCUT2D eigenvalue weighted by molar-refractivity contribution is 14.0. The van der Waals surface area contributed by atoms with Crippen LogP contribution in [0, 0.1) is 5.92 Å². The van der Waals surface area contributed by atoms with Crippen LogP contribution >= 0.6 is 35.7 Å². The van der Waals surface area contributed by atoms with Gasteiger partial charge < -0.3 is 15.0 Å². The maximum atomic E-state index is 5.41. The van der Waals surface area contributed by atoms with Crippen LogP contribution in [0.4, 0.5) is 0 Å². The summed E-state index contributed by atoms with van der Waals surface area (Å²) in [5, 5.41) is 3.42. The van der Waals surface area contributed by atoms with Crippen LogP contribution in [0.15, 0.2) is 34.2 Å². The summed E-state index contributed by atoms with van der Waals surface area (Å²) < 4.78 is 5.41. The molecule has 1 aliphatic rings. The van der Waals surface area contributed by atoms with E-state index in [0.717, 1.165) is 43.6 Å². The van der Waals surface area contributed by atoms with Crippen LogP contribution in [0.1, 0.15) is 26.7 Å². The van der Waals surface area contributed by atoms with E-state index < -0.39 is 0 Å². The van der Waals surface area contributed by atoms with E-state index in [0.29, 0.717) is 5.92 Å². The number of aliphatic imine (C=N–C) groups is 1. The van der Waals surface area contributed by atoms with Gasteiger partial charge in [0.1, 0.15) is 5.75 Å². The zero-order valence-electron chi connectivity index (χ0n) is 15.0. The average molecular weight is 463 g/mol. The molecule has 4 nitrogen and oxygen atoms in total. The summed E-state index contributed by atoms with van der Waals surface area (Å²) in [6.45, 7) is 8.46. The molecule has 1 aromatic carbocycles. The number of guanidine groups is 1. The lowest BCUT2D eigenvalue weighted by molar-refractivity contribution is 0.405. The Balaban J connectivity index is 0.00000288. The number of hydrogen-bond acceptors (Lipinski definition) is 3. The summed E-state index contributed by atoms with van der Waals surface area (Å²) in [6, 6.07) is 8.20. The molecule has 1 aliphatic heterocycles. The summed E-state index contributed by atoms with van der Waals surface area (Å²) in [5.41, 5.74) is 0. The van der Waals surface area contributed by atoms with E-state index in [-0.39, 0.29) is 24.0 Å².